The lowest BCUT2D eigenvalue weighted by Gasteiger charge is -2.23. The Labute approximate surface area is 130 Å². The van der Waals surface area contributed by atoms with Crippen molar-refractivity contribution in [2.24, 2.45) is 0 Å². The number of nitrogens with zero attached hydrogens (tertiary/aromatic N) is 1. The van der Waals surface area contributed by atoms with Gasteiger partial charge in [0, 0.05) is 36.7 Å². The van der Waals surface area contributed by atoms with Gasteiger partial charge in [0.15, 0.2) is 0 Å². The zero-order chi connectivity index (χ0) is 14.7. The molecule has 0 aliphatic carbocycles. The summed E-state index contributed by atoms with van der Waals surface area (Å²) in [5.74, 6) is 0.0766. The molecule has 0 saturated carbocycles. The van der Waals surface area contributed by atoms with Crippen LogP contribution < -0.4 is 10.6 Å². The van der Waals surface area contributed by atoms with Gasteiger partial charge in [-0.3, -0.25) is 9.69 Å². The van der Waals surface area contributed by atoms with Crippen molar-refractivity contribution >= 4 is 17.5 Å². The van der Waals surface area contributed by atoms with Gasteiger partial charge < -0.3 is 10.6 Å². The van der Waals surface area contributed by atoms with Crippen LogP contribution in [0.5, 0.6) is 0 Å². The fourth-order valence-electron chi connectivity index (χ4n) is 3.25. The van der Waals surface area contributed by atoms with Crippen LogP contribution in [0.1, 0.15) is 24.8 Å². The summed E-state index contributed by atoms with van der Waals surface area (Å²) in [5.41, 5.74) is 0.962. The predicted octanol–water partition coefficient (Wildman–Crippen LogP) is 1.78. The standard InChI is InChI=1S/C16H22ClN3O/c17-15-4-2-1-3-12(15)9-18-16(21)11-20-8-7-13-5-6-14(10-20)19-13/h1-4,13-14,19H,5-11H2,(H,18,21). The Morgan fingerprint density at radius 3 is 2.95 bits per heavy atom. The van der Waals surface area contributed by atoms with Gasteiger partial charge in [0.1, 0.15) is 0 Å². The summed E-state index contributed by atoms with van der Waals surface area (Å²) in [6.45, 7) is 2.97. The van der Waals surface area contributed by atoms with Crippen LogP contribution in [0.3, 0.4) is 0 Å². The maximum absolute atomic E-state index is 12.1. The highest BCUT2D eigenvalue weighted by atomic mass is 35.5. The first-order valence-electron chi connectivity index (χ1n) is 7.69. The Hall–Kier alpha value is -1.10. The average molecular weight is 308 g/mol. The summed E-state index contributed by atoms with van der Waals surface area (Å²) in [6, 6.07) is 8.84. The molecule has 0 radical (unpaired) electrons. The van der Waals surface area contributed by atoms with Crippen LogP contribution in [0.2, 0.25) is 5.02 Å². The van der Waals surface area contributed by atoms with E-state index in [1.807, 2.05) is 24.3 Å². The van der Waals surface area contributed by atoms with E-state index in [0.29, 0.717) is 30.2 Å². The predicted molar refractivity (Wildman–Crippen MR) is 84.3 cm³/mol. The highest BCUT2D eigenvalue weighted by Crippen LogP contribution is 2.20. The summed E-state index contributed by atoms with van der Waals surface area (Å²) in [6.07, 6.45) is 3.67. The molecule has 2 fully saturated rings. The Bertz CT molecular complexity index is 508. The van der Waals surface area contributed by atoms with Crippen molar-refractivity contribution in [1.82, 2.24) is 15.5 Å². The monoisotopic (exact) mass is 307 g/mol. The largest absolute Gasteiger partial charge is 0.351 e. The van der Waals surface area contributed by atoms with Crippen LogP contribution in [-0.2, 0) is 11.3 Å². The number of carbonyl (C=O) groups excluding carboxylic acids is 1. The van der Waals surface area contributed by atoms with Crippen LogP contribution in [0.25, 0.3) is 0 Å². The molecule has 21 heavy (non-hydrogen) atoms. The molecule has 114 valence electrons. The minimum Gasteiger partial charge on any atom is -0.351 e. The van der Waals surface area contributed by atoms with E-state index in [2.05, 4.69) is 15.5 Å². The number of hydrogen-bond acceptors (Lipinski definition) is 3. The number of amides is 1. The highest BCUT2D eigenvalue weighted by molar-refractivity contribution is 6.31. The molecule has 0 aromatic heterocycles. The molecule has 3 rings (SSSR count). The highest BCUT2D eigenvalue weighted by Gasteiger charge is 2.29. The van der Waals surface area contributed by atoms with Crippen molar-refractivity contribution < 1.29 is 4.79 Å². The zero-order valence-electron chi connectivity index (χ0n) is 12.1. The van der Waals surface area contributed by atoms with E-state index in [9.17, 15) is 4.79 Å². The number of halogens is 1. The zero-order valence-corrected chi connectivity index (χ0v) is 12.9. The maximum atomic E-state index is 12.1. The van der Waals surface area contributed by atoms with Gasteiger partial charge in [-0.1, -0.05) is 29.8 Å². The number of carbonyl (C=O) groups is 1. The van der Waals surface area contributed by atoms with E-state index in [1.165, 1.54) is 12.8 Å². The molecule has 2 heterocycles. The number of likely N-dealkylation sites (tertiary alicyclic amines) is 1. The molecule has 2 aliphatic heterocycles. The van der Waals surface area contributed by atoms with Crippen LogP contribution >= 0.6 is 11.6 Å². The third-order valence-corrected chi connectivity index (χ3v) is 4.78. The Morgan fingerprint density at radius 2 is 2.10 bits per heavy atom. The van der Waals surface area contributed by atoms with Crippen LogP contribution in [0, 0.1) is 0 Å². The molecule has 2 bridgehead atoms. The SMILES string of the molecule is O=C(CN1CCC2CCC(C1)N2)NCc1ccccc1Cl. The first kappa shape index (κ1) is 14.8. The van der Waals surface area contributed by atoms with Gasteiger partial charge in [-0.05, 0) is 30.9 Å². The summed E-state index contributed by atoms with van der Waals surface area (Å²) in [7, 11) is 0. The van der Waals surface area contributed by atoms with Gasteiger partial charge in [-0.25, -0.2) is 0 Å². The van der Waals surface area contributed by atoms with E-state index in [0.717, 1.165) is 25.1 Å². The fourth-order valence-corrected chi connectivity index (χ4v) is 3.46. The van der Waals surface area contributed by atoms with Gasteiger partial charge in [0.2, 0.25) is 5.91 Å². The smallest absolute Gasteiger partial charge is 0.234 e. The Kier molecular flexibility index (Phi) is 4.78. The Balaban J connectivity index is 1.47. The number of nitrogens with one attached hydrogen (secondary N) is 2. The lowest BCUT2D eigenvalue weighted by Crippen LogP contribution is -2.41. The molecule has 0 spiro atoms. The van der Waals surface area contributed by atoms with Crippen molar-refractivity contribution in [3.63, 3.8) is 0 Å². The molecule has 2 unspecified atom stereocenters. The molecule has 1 aromatic carbocycles. The number of fused-ring (bicyclic) bond motifs is 2. The summed E-state index contributed by atoms with van der Waals surface area (Å²) < 4.78 is 0. The van der Waals surface area contributed by atoms with Gasteiger partial charge >= 0.3 is 0 Å². The molecular formula is C16H22ClN3O. The molecule has 2 saturated heterocycles. The number of benzene rings is 1. The van der Waals surface area contributed by atoms with Crippen molar-refractivity contribution in [2.75, 3.05) is 19.6 Å². The summed E-state index contributed by atoms with van der Waals surface area (Å²) in [5, 5.41) is 7.30. The third-order valence-electron chi connectivity index (χ3n) is 4.41. The van der Waals surface area contributed by atoms with Crippen LogP contribution in [0.4, 0.5) is 0 Å². The third kappa shape index (κ3) is 3.96. The molecular weight excluding hydrogens is 286 g/mol. The van der Waals surface area contributed by atoms with E-state index in [4.69, 9.17) is 11.6 Å². The van der Waals surface area contributed by atoms with Gasteiger partial charge in [0.25, 0.3) is 0 Å². The summed E-state index contributed by atoms with van der Waals surface area (Å²) in [4.78, 5) is 14.4. The quantitative estimate of drug-likeness (QED) is 0.891. The van der Waals surface area contributed by atoms with Gasteiger partial charge in [0.05, 0.1) is 6.54 Å². The first-order chi connectivity index (χ1) is 10.2. The molecule has 2 N–H and O–H groups in total. The van der Waals surface area contributed by atoms with E-state index >= 15 is 0 Å². The molecule has 5 heteroatoms. The van der Waals surface area contributed by atoms with Crippen molar-refractivity contribution in [3.05, 3.63) is 34.9 Å². The van der Waals surface area contributed by atoms with Crippen LogP contribution in [-0.4, -0.2) is 42.5 Å². The molecule has 4 nitrogen and oxygen atoms in total. The lowest BCUT2D eigenvalue weighted by molar-refractivity contribution is -0.122. The van der Waals surface area contributed by atoms with Gasteiger partial charge in [-0.15, -0.1) is 0 Å². The maximum Gasteiger partial charge on any atom is 0.234 e. The molecule has 2 aliphatic rings. The van der Waals surface area contributed by atoms with Crippen molar-refractivity contribution in [2.45, 2.75) is 37.9 Å². The van der Waals surface area contributed by atoms with E-state index in [-0.39, 0.29) is 5.91 Å². The normalized spacial score (nSPS) is 25.6. The van der Waals surface area contributed by atoms with E-state index in [1.54, 1.807) is 0 Å². The average Bonchev–Trinajstić information content (AvgIpc) is 2.81. The van der Waals surface area contributed by atoms with E-state index < -0.39 is 0 Å². The molecule has 2 atom stereocenters. The number of hydrogen-bond donors (Lipinski definition) is 2. The molecule has 1 aromatic rings. The minimum absolute atomic E-state index is 0.0766. The first-order valence-corrected chi connectivity index (χ1v) is 8.07. The van der Waals surface area contributed by atoms with Crippen molar-refractivity contribution in [3.8, 4) is 0 Å². The molecule has 1 amide bonds. The Morgan fingerprint density at radius 1 is 1.29 bits per heavy atom. The second-order valence-electron chi connectivity index (χ2n) is 6.03. The van der Waals surface area contributed by atoms with Gasteiger partial charge in [-0.2, -0.15) is 0 Å². The number of rotatable bonds is 4. The van der Waals surface area contributed by atoms with Crippen molar-refractivity contribution in [1.29, 1.82) is 0 Å². The topological polar surface area (TPSA) is 44.4 Å². The fraction of sp³-hybridized carbons (Fsp3) is 0.562. The second kappa shape index (κ2) is 6.77. The lowest BCUT2D eigenvalue weighted by atomic mass is 10.1. The summed E-state index contributed by atoms with van der Waals surface area (Å²) >= 11 is 6.09. The van der Waals surface area contributed by atoms with Crippen LogP contribution in [0.15, 0.2) is 24.3 Å². The minimum atomic E-state index is 0.0766. The second-order valence-corrected chi connectivity index (χ2v) is 6.44.